The third-order valence-electron chi connectivity index (χ3n) is 2.53. The topological polar surface area (TPSA) is 83.5 Å². The van der Waals surface area contributed by atoms with Crippen LogP contribution in [-0.4, -0.2) is 26.0 Å². The first-order valence-electron chi connectivity index (χ1n) is 5.30. The third kappa shape index (κ3) is 2.94. The van der Waals surface area contributed by atoms with Crippen molar-refractivity contribution in [3.63, 3.8) is 0 Å². The highest BCUT2D eigenvalue weighted by Crippen LogP contribution is 2.29. The van der Waals surface area contributed by atoms with Gasteiger partial charge in [0.15, 0.2) is 0 Å². The van der Waals surface area contributed by atoms with E-state index in [2.05, 4.69) is 15.9 Å². The van der Waals surface area contributed by atoms with Gasteiger partial charge in [-0.2, -0.15) is 4.72 Å². The van der Waals surface area contributed by atoms with Gasteiger partial charge in [-0.15, -0.1) is 0 Å². The number of benzene rings is 2. The Labute approximate surface area is 118 Å². The maximum absolute atomic E-state index is 12.1. The molecule has 0 aliphatic rings. The summed E-state index contributed by atoms with van der Waals surface area (Å²) in [6.07, 6.45) is 0. The molecule has 0 radical (unpaired) electrons. The lowest BCUT2D eigenvalue weighted by Gasteiger charge is -2.09. The number of aliphatic carboxylic acids is 1. The molecule has 0 unspecified atom stereocenters. The van der Waals surface area contributed by atoms with Crippen molar-refractivity contribution in [2.45, 2.75) is 4.90 Å². The summed E-state index contributed by atoms with van der Waals surface area (Å²) < 4.78 is 27.0. The normalized spacial score (nSPS) is 11.6. The minimum atomic E-state index is -3.85. The number of halogens is 1. The summed E-state index contributed by atoms with van der Waals surface area (Å²) in [7, 11) is -3.85. The molecule has 0 fully saturated rings. The smallest absolute Gasteiger partial charge is 0.318 e. The van der Waals surface area contributed by atoms with E-state index in [0.717, 1.165) is 9.86 Å². The molecule has 2 rings (SSSR count). The minimum Gasteiger partial charge on any atom is -0.480 e. The van der Waals surface area contributed by atoms with Crippen molar-refractivity contribution in [3.8, 4) is 0 Å². The summed E-state index contributed by atoms with van der Waals surface area (Å²) in [5.74, 6) is -1.23. The Bertz CT molecular complexity index is 742. The molecule has 0 heterocycles. The summed E-state index contributed by atoms with van der Waals surface area (Å²) in [6, 6.07) is 10.1. The van der Waals surface area contributed by atoms with Gasteiger partial charge in [0.1, 0.15) is 6.54 Å². The maximum Gasteiger partial charge on any atom is 0.318 e. The molecule has 0 amide bonds. The molecule has 0 spiro atoms. The van der Waals surface area contributed by atoms with Gasteiger partial charge < -0.3 is 5.11 Å². The van der Waals surface area contributed by atoms with Crippen molar-refractivity contribution >= 4 is 42.7 Å². The number of carboxylic acid groups (broad SMARTS) is 1. The zero-order valence-electron chi connectivity index (χ0n) is 9.63. The zero-order chi connectivity index (χ0) is 14.0. The highest BCUT2D eigenvalue weighted by Gasteiger charge is 2.18. The monoisotopic (exact) mass is 343 g/mol. The lowest BCUT2D eigenvalue weighted by atomic mass is 10.1. The van der Waals surface area contributed by atoms with Gasteiger partial charge in [-0.25, -0.2) is 8.42 Å². The van der Waals surface area contributed by atoms with Gasteiger partial charge in [-0.1, -0.05) is 40.2 Å². The van der Waals surface area contributed by atoms with E-state index in [0.29, 0.717) is 5.39 Å². The lowest BCUT2D eigenvalue weighted by molar-refractivity contribution is -0.135. The molecule has 2 aromatic rings. The zero-order valence-corrected chi connectivity index (χ0v) is 12.0. The van der Waals surface area contributed by atoms with Crippen molar-refractivity contribution in [1.82, 2.24) is 4.72 Å². The summed E-state index contributed by atoms with van der Waals surface area (Å²) >= 11 is 3.35. The number of sulfonamides is 1. The molecule has 0 aromatic heterocycles. The molecule has 0 saturated heterocycles. The summed E-state index contributed by atoms with van der Waals surface area (Å²) in [6.45, 7) is -0.646. The van der Waals surface area contributed by atoms with Crippen LogP contribution in [0.25, 0.3) is 10.8 Å². The first-order chi connectivity index (χ1) is 8.92. The fourth-order valence-corrected chi connectivity index (χ4v) is 3.37. The van der Waals surface area contributed by atoms with E-state index in [1.165, 1.54) is 6.07 Å². The average molecular weight is 344 g/mol. The fraction of sp³-hybridized carbons (Fsp3) is 0.0833. The molecule has 0 bridgehead atoms. The van der Waals surface area contributed by atoms with Crippen molar-refractivity contribution in [2.24, 2.45) is 0 Å². The molecular weight excluding hydrogens is 334 g/mol. The second-order valence-electron chi connectivity index (χ2n) is 3.81. The summed E-state index contributed by atoms with van der Waals surface area (Å²) in [5, 5.41) is 9.83. The van der Waals surface area contributed by atoms with Crippen molar-refractivity contribution in [2.75, 3.05) is 6.54 Å². The fourth-order valence-electron chi connectivity index (χ4n) is 1.70. The van der Waals surface area contributed by atoms with Gasteiger partial charge >= 0.3 is 5.97 Å². The quantitative estimate of drug-likeness (QED) is 0.888. The maximum atomic E-state index is 12.1. The Morgan fingerprint density at radius 3 is 2.42 bits per heavy atom. The van der Waals surface area contributed by atoms with Crippen LogP contribution in [0.15, 0.2) is 45.8 Å². The molecule has 0 aliphatic heterocycles. The van der Waals surface area contributed by atoms with E-state index < -0.39 is 22.5 Å². The van der Waals surface area contributed by atoms with E-state index in [-0.39, 0.29) is 4.90 Å². The second-order valence-corrected chi connectivity index (χ2v) is 6.40. The van der Waals surface area contributed by atoms with Crippen LogP contribution in [0.4, 0.5) is 0 Å². The minimum absolute atomic E-state index is 0.0625. The molecule has 2 N–H and O–H groups in total. The number of hydrogen-bond acceptors (Lipinski definition) is 3. The second kappa shape index (κ2) is 5.28. The van der Waals surface area contributed by atoms with Crippen LogP contribution in [-0.2, 0) is 14.8 Å². The van der Waals surface area contributed by atoms with Crippen molar-refractivity contribution in [3.05, 3.63) is 40.9 Å². The van der Waals surface area contributed by atoms with Gasteiger partial charge in [-0.05, 0) is 17.5 Å². The number of rotatable bonds is 4. The molecule has 0 saturated carbocycles. The van der Waals surface area contributed by atoms with Gasteiger partial charge in [0.25, 0.3) is 0 Å². The van der Waals surface area contributed by atoms with E-state index in [1.54, 1.807) is 30.3 Å². The molecule has 7 heteroatoms. The van der Waals surface area contributed by atoms with Crippen LogP contribution in [0.5, 0.6) is 0 Å². The molecule has 0 atom stereocenters. The molecular formula is C12H10BrNO4S. The lowest BCUT2D eigenvalue weighted by Crippen LogP contribution is -2.29. The number of fused-ring (bicyclic) bond motifs is 1. The number of carbonyl (C=O) groups is 1. The van der Waals surface area contributed by atoms with Crippen molar-refractivity contribution < 1.29 is 18.3 Å². The SMILES string of the molecule is O=C(O)CNS(=O)(=O)c1ccc(Br)c2ccccc12. The molecule has 100 valence electrons. The van der Waals surface area contributed by atoms with Gasteiger partial charge in [-0.3, -0.25) is 4.79 Å². The molecule has 2 aromatic carbocycles. The predicted octanol–water partition coefficient (Wildman–Crippen LogP) is 1.97. The highest BCUT2D eigenvalue weighted by molar-refractivity contribution is 9.10. The highest BCUT2D eigenvalue weighted by atomic mass is 79.9. The number of hydrogen-bond donors (Lipinski definition) is 2. The Morgan fingerprint density at radius 2 is 1.79 bits per heavy atom. The number of carboxylic acids is 1. The van der Waals surface area contributed by atoms with Crippen LogP contribution in [0.2, 0.25) is 0 Å². The third-order valence-corrected chi connectivity index (χ3v) is 4.68. The Balaban J connectivity index is 2.57. The largest absolute Gasteiger partial charge is 0.480 e. The summed E-state index contributed by atoms with van der Waals surface area (Å²) in [4.78, 5) is 10.5. The Morgan fingerprint density at radius 1 is 1.16 bits per heavy atom. The van der Waals surface area contributed by atoms with E-state index in [9.17, 15) is 13.2 Å². The van der Waals surface area contributed by atoms with Crippen LogP contribution in [0, 0.1) is 0 Å². The molecule has 5 nitrogen and oxygen atoms in total. The van der Waals surface area contributed by atoms with Crippen LogP contribution in [0.1, 0.15) is 0 Å². The van der Waals surface area contributed by atoms with Crippen LogP contribution >= 0.6 is 15.9 Å². The van der Waals surface area contributed by atoms with Crippen molar-refractivity contribution in [1.29, 1.82) is 0 Å². The molecule has 0 aliphatic carbocycles. The Hall–Kier alpha value is -1.44. The standard InChI is InChI=1S/C12H10BrNO4S/c13-10-5-6-11(9-4-2-1-3-8(9)10)19(17,18)14-7-12(15)16/h1-6,14H,7H2,(H,15,16). The summed E-state index contributed by atoms with van der Waals surface area (Å²) in [5.41, 5.74) is 0. The van der Waals surface area contributed by atoms with Crippen LogP contribution in [0.3, 0.4) is 0 Å². The van der Waals surface area contributed by atoms with Gasteiger partial charge in [0, 0.05) is 9.86 Å². The Kier molecular flexibility index (Phi) is 3.88. The van der Waals surface area contributed by atoms with E-state index in [4.69, 9.17) is 5.11 Å². The first kappa shape index (κ1) is 14.0. The van der Waals surface area contributed by atoms with Crippen LogP contribution < -0.4 is 4.72 Å². The first-order valence-corrected chi connectivity index (χ1v) is 7.58. The average Bonchev–Trinajstić information content (AvgIpc) is 2.37. The van der Waals surface area contributed by atoms with E-state index in [1.807, 2.05) is 4.72 Å². The van der Waals surface area contributed by atoms with Gasteiger partial charge in [0.2, 0.25) is 10.0 Å². The van der Waals surface area contributed by atoms with Gasteiger partial charge in [0.05, 0.1) is 4.90 Å². The number of nitrogens with one attached hydrogen (secondary N) is 1. The predicted molar refractivity (Wildman–Crippen MR) is 74.5 cm³/mol. The van der Waals surface area contributed by atoms with E-state index >= 15 is 0 Å². The molecule has 19 heavy (non-hydrogen) atoms.